The average molecular weight is 652 g/mol. The molecule has 0 fully saturated rings. The number of hydrogen-bond donors (Lipinski definition) is 0. The lowest BCUT2D eigenvalue weighted by atomic mass is 9.67. The maximum absolute atomic E-state index is 2.46. The molecule has 9 rings (SSSR count). The van der Waals surface area contributed by atoms with Crippen LogP contribution in [0.2, 0.25) is 0 Å². The van der Waals surface area contributed by atoms with E-state index in [1.54, 1.807) is 0 Å². The lowest BCUT2D eigenvalue weighted by Gasteiger charge is -2.35. The van der Waals surface area contributed by atoms with Crippen LogP contribution in [0.1, 0.15) is 27.8 Å². The molecule has 0 heterocycles. The van der Waals surface area contributed by atoms with Crippen LogP contribution in [0.15, 0.2) is 206 Å². The first-order chi connectivity index (χ1) is 25.2. The van der Waals surface area contributed by atoms with Crippen LogP contribution >= 0.6 is 0 Å². The zero-order chi connectivity index (χ0) is 34.2. The molecule has 1 aliphatic rings. The van der Waals surface area contributed by atoms with Crippen LogP contribution in [0.4, 0.5) is 17.1 Å². The second-order valence-electron chi connectivity index (χ2n) is 13.3. The van der Waals surface area contributed by atoms with Crippen molar-refractivity contribution in [1.29, 1.82) is 0 Å². The van der Waals surface area contributed by atoms with Gasteiger partial charge in [0.15, 0.2) is 0 Å². The van der Waals surface area contributed by atoms with Crippen LogP contribution in [0.5, 0.6) is 0 Å². The highest BCUT2D eigenvalue weighted by atomic mass is 15.1. The van der Waals surface area contributed by atoms with Crippen LogP contribution in [-0.4, -0.2) is 0 Å². The quantitative estimate of drug-likeness (QED) is 0.166. The molecular weight excluding hydrogens is 615 g/mol. The molecular formula is C50H37N. The van der Waals surface area contributed by atoms with Gasteiger partial charge in [0.25, 0.3) is 0 Å². The summed E-state index contributed by atoms with van der Waals surface area (Å²) < 4.78 is 0. The Balaban J connectivity index is 1.32. The Bertz CT molecular complexity index is 2410. The fourth-order valence-corrected chi connectivity index (χ4v) is 8.24. The van der Waals surface area contributed by atoms with Gasteiger partial charge in [-0.15, -0.1) is 0 Å². The number of fused-ring (bicyclic) bond motifs is 3. The molecule has 1 nitrogen and oxygen atoms in total. The largest absolute Gasteiger partial charge is 0.310 e. The summed E-state index contributed by atoms with van der Waals surface area (Å²) in [6, 6.07) is 75.2. The maximum Gasteiger partial charge on any atom is 0.0714 e. The van der Waals surface area contributed by atoms with E-state index in [0.29, 0.717) is 0 Å². The van der Waals surface area contributed by atoms with Crippen molar-refractivity contribution in [2.45, 2.75) is 12.3 Å². The number of hydrogen-bond acceptors (Lipinski definition) is 1. The molecule has 0 unspecified atom stereocenters. The fraction of sp³-hybridized carbons (Fsp3) is 0.0400. The van der Waals surface area contributed by atoms with Gasteiger partial charge in [-0.2, -0.15) is 0 Å². The Kier molecular flexibility index (Phi) is 7.67. The highest BCUT2D eigenvalue weighted by Gasteiger charge is 2.46. The second-order valence-corrected chi connectivity index (χ2v) is 13.3. The summed E-state index contributed by atoms with van der Waals surface area (Å²) in [5.74, 6) is 0. The third-order valence-corrected chi connectivity index (χ3v) is 10.5. The van der Waals surface area contributed by atoms with E-state index in [-0.39, 0.29) is 0 Å². The second kappa shape index (κ2) is 12.8. The molecule has 8 aromatic carbocycles. The number of rotatable bonds is 7. The van der Waals surface area contributed by atoms with Crippen molar-refractivity contribution in [3.05, 3.63) is 234 Å². The van der Waals surface area contributed by atoms with Gasteiger partial charge in [0.05, 0.1) is 11.1 Å². The van der Waals surface area contributed by atoms with Gasteiger partial charge in [-0.05, 0) is 92.9 Å². The van der Waals surface area contributed by atoms with Crippen molar-refractivity contribution in [3.8, 4) is 33.4 Å². The van der Waals surface area contributed by atoms with Crippen molar-refractivity contribution < 1.29 is 0 Å². The predicted octanol–water partition coefficient (Wildman–Crippen LogP) is 13.2. The van der Waals surface area contributed by atoms with Gasteiger partial charge in [-0.25, -0.2) is 0 Å². The van der Waals surface area contributed by atoms with Gasteiger partial charge < -0.3 is 4.90 Å². The van der Waals surface area contributed by atoms with Crippen LogP contribution in [0.25, 0.3) is 33.4 Å². The summed E-state index contributed by atoms with van der Waals surface area (Å²) in [5, 5.41) is 0. The third-order valence-electron chi connectivity index (χ3n) is 10.5. The first-order valence-corrected chi connectivity index (χ1v) is 17.7. The Morgan fingerprint density at radius 1 is 0.373 bits per heavy atom. The zero-order valence-electron chi connectivity index (χ0n) is 28.6. The minimum atomic E-state index is -0.489. The van der Waals surface area contributed by atoms with E-state index in [1.807, 2.05) is 0 Å². The molecule has 0 aromatic heterocycles. The summed E-state index contributed by atoms with van der Waals surface area (Å²) in [5.41, 5.74) is 16.7. The van der Waals surface area contributed by atoms with Gasteiger partial charge in [0.1, 0.15) is 0 Å². The summed E-state index contributed by atoms with van der Waals surface area (Å²) in [4.78, 5) is 2.44. The van der Waals surface area contributed by atoms with Crippen molar-refractivity contribution in [3.63, 3.8) is 0 Å². The van der Waals surface area contributed by atoms with Crippen LogP contribution in [0.3, 0.4) is 0 Å². The highest BCUT2D eigenvalue weighted by Crippen LogP contribution is 2.58. The van der Waals surface area contributed by atoms with Crippen molar-refractivity contribution >= 4 is 17.1 Å². The molecule has 0 N–H and O–H groups in total. The molecule has 8 aromatic rings. The molecule has 0 amide bonds. The van der Waals surface area contributed by atoms with Crippen molar-refractivity contribution in [2.24, 2.45) is 0 Å². The normalized spacial score (nSPS) is 12.6. The summed E-state index contributed by atoms with van der Waals surface area (Å²) >= 11 is 0. The van der Waals surface area contributed by atoms with E-state index < -0.39 is 5.41 Å². The number of anilines is 3. The summed E-state index contributed by atoms with van der Waals surface area (Å²) in [6.07, 6.45) is 0. The topological polar surface area (TPSA) is 3.24 Å². The first kappa shape index (κ1) is 30.6. The molecule has 0 saturated heterocycles. The minimum Gasteiger partial charge on any atom is -0.310 e. The molecule has 0 spiro atoms. The molecule has 1 heteroatoms. The first-order valence-electron chi connectivity index (χ1n) is 17.7. The van der Waals surface area contributed by atoms with Crippen LogP contribution < -0.4 is 4.90 Å². The SMILES string of the molecule is Cc1cccc2c1-c1ccc(N(c3ccc(-c4ccccc4)cc3)c3ccccc3-c3ccccc3)cc1C2(c1ccccc1)c1ccccc1. The van der Waals surface area contributed by atoms with Gasteiger partial charge in [0, 0.05) is 16.9 Å². The average Bonchev–Trinajstić information content (AvgIpc) is 3.51. The van der Waals surface area contributed by atoms with Gasteiger partial charge in [-0.3, -0.25) is 0 Å². The molecule has 242 valence electrons. The molecule has 0 bridgehead atoms. The van der Waals surface area contributed by atoms with Gasteiger partial charge >= 0.3 is 0 Å². The van der Waals surface area contributed by atoms with E-state index in [9.17, 15) is 0 Å². The number of para-hydroxylation sites is 1. The molecule has 0 saturated carbocycles. The number of benzene rings is 8. The van der Waals surface area contributed by atoms with E-state index in [0.717, 1.165) is 17.1 Å². The van der Waals surface area contributed by atoms with Gasteiger partial charge in [0.2, 0.25) is 0 Å². The number of aryl methyl sites for hydroxylation is 1. The zero-order valence-corrected chi connectivity index (χ0v) is 28.6. The van der Waals surface area contributed by atoms with E-state index >= 15 is 0 Å². The van der Waals surface area contributed by atoms with E-state index in [4.69, 9.17) is 0 Å². The lowest BCUT2D eigenvalue weighted by molar-refractivity contribution is 0.768. The Labute approximate surface area is 300 Å². The Morgan fingerprint density at radius 3 is 1.55 bits per heavy atom. The Morgan fingerprint density at radius 2 is 0.902 bits per heavy atom. The smallest absolute Gasteiger partial charge is 0.0714 e. The molecule has 0 radical (unpaired) electrons. The Hall–Kier alpha value is -6.44. The highest BCUT2D eigenvalue weighted by molar-refractivity contribution is 5.93. The monoisotopic (exact) mass is 651 g/mol. The van der Waals surface area contributed by atoms with Gasteiger partial charge in [-0.1, -0.05) is 176 Å². The standard InChI is InChI=1S/C50H37N/c1-36-17-16-27-46-49(36)45-34-33-43(35-47(45)50(46,40-22-10-4-11-23-40)41-24-12-5-13-25-41)51(42-31-29-38(30-32-42)37-18-6-2-7-19-37)48-28-15-14-26-44(48)39-20-8-3-9-21-39/h2-35H,1H3. The maximum atomic E-state index is 2.46. The molecule has 51 heavy (non-hydrogen) atoms. The summed E-state index contributed by atoms with van der Waals surface area (Å²) in [6.45, 7) is 2.25. The van der Waals surface area contributed by atoms with E-state index in [2.05, 4.69) is 218 Å². The molecule has 1 aliphatic carbocycles. The molecule has 0 aliphatic heterocycles. The lowest BCUT2D eigenvalue weighted by Crippen LogP contribution is -2.28. The van der Waals surface area contributed by atoms with Crippen molar-refractivity contribution in [1.82, 2.24) is 0 Å². The van der Waals surface area contributed by atoms with Crippen LogP contribution in [-0.2, 0) is 5.41 Å². The summed E-state index contributed by atoms with van der Waals surface area (Å²) in [7, 11) is 0. The fourth-order valence-electron chi connectivity index (χ4n) is 8.24. The number of nitrogens with zero attached hydrogens (tertiary/aromatic N) is 1. The third kappa shape index (κ3) is 5.09. The van der Waals surface area contributed by atoms with Crippen molar-refractivity contribution in [2.75, 3.05) is 4.90 Å². The molecule has 0 atom stereocenters. The minimum absolute atomic E-state index is 0.489. The van der Waals surface area contributed by atoms with E-state index in [1.165, 1.54) is 61.2 Å². The predicted molar refractivity (Wildman–Crippen MR) is 214 cm³/mol. The van der Waals surface area contributed by atoms with Crippen LogP contribution in [0, 0.1) is 6.92 Å².